The molecule has 1 aliphatic carbocycles. The summed E-state index contributed by atoms with van der Waals surface area (Å²) in [6.07, 6.45) is 22.8. The van der Waals surface area contributed by atoms with Crippen molar-refractivity contribution < 1.29 is 19.8 Å². The summed E-state index contributed by atoms with van der Waals surface area (Å²) in [6.45, 7) is 11.2. The van der Waals surface area contributed by atoms with Crippen LogP contribution in [0, 0.1) is 11.8 Å². The van der Waals surface area contributed by atoms with Crippen LogP contribution in [0.4, 0.5) is 0 Å². The van der Waals surface area contributed by atoms with Crippen molar-refractivity contribution in [1.82, 2.24) is 0 Å². The summed E-state index contributed by atoms with van der Waals surface area (Å²) in [5.74, 6) is -1.68. The van der Waals surface area contributed by atoms with Gasteiger partial charge >= 0.3 is 11.9 Å². The minimum Gasteiger partial charge on any atom is -0.481 e. The van der Waals surface area contributed by atoms with Crippen LogP contribution < -0.4 is 0 Å². The Morgan fingerprint density at radius 1 is 0.667 bits per heavy atom. The van der Waals surface area contributed by atoms with Gasteiger partial charge in [0.05, 0.1) is 11.8 Å². The second-order valence-electron chi connectivity index (χ2n) is 15.4. The first-order chi connectivity index (χ1) is 23.2. The molecule has 0 aliphatic heterocycles. The maximum atomic E-state index is 12.5. The topological polar surface area (TPSA) is 74.6 Å². The van der Waals surface area contributed by atoms with E-state index in [1.807, 2.05) is 0 Å². The lowest BCUT2D eigenvalue weighted by Gasteiger charge is -2.23. The standard InChI is InChI=1S/C44H68O4/c1-6-8-10-12-14-16-18-20-23-36(43(45)46)27-33(5)39-29-34(28-37(44(47)48)24-21-19-17-15-13-11-9-7-2)30-41-40(39)31-35-25-22-26-38(32(3)4)42(35)41/h22,25-26,29-30,32-33,36-37H,6-21,23-24,27-28,31H2,1-5H3,(H,45,46)(H,47,48). The number of benzene rings is 2. The van der Waals surface area contributed by atoms with Gasteiger partial charge in [0.1, 0.15) is 0 Å². The third-order valence-electron chi connectivity index (χ3n) is 10.9. The Kier molecular flexibility index (Phi) is 17.8. The van der Waals surface area contributed by atoms with Crippen molar-refractivity contribution in [3.63, 3.8) is 0 Å². The van der Waals surface area contributed by atoms with Crippen LogP contribution in [-0.2, 0) is 22.4 Å². The number of hydrogen-bond acceptors (Lipinski definition) is 2. The summed E-state index contributed by atoms with van der Waals surface area (Å²) in [5.41, 5.74) is 8.88. The zero-order valence-electron chi connectivity index (χ0n) is 31.3. The van der Waals surface area contributed by atoms with E-state index in [4.69, 9.17) is 0 Å². The summed E-state index contributed by atoms with van der Waals surface area (Å²) in [4.78, 5) is 25.0. The molecule has 0 spiro atoms. The summed E-state index contributed by atoms with van der Waals surface area (Å²) in [7, 11) is 0. The van der Waals surface area contributed by atoms with Gasteiger partial charge in [-0.2, -0.15) is 0 Å². The van der Waals surface area contributed by atoms with E-state index in [0.29, 0.717) is 25.2 Å². The Hall–Kier alpha value is -2.62. The molecule has 1 aliphatic rings. The first kappa shape index (κ1) is 39.8. The molecular weight excluding hydrogens is 592 g/mol. The van der Waals surface area contributed by atoms with Crippen molar-refractivity contribution in [3.8, 4) is 11.1 Å². The molecule has 4 nitrogen and oxygen atoms in total. The van der Waals surface area contributed by atoms with E-state index >= 15 is 0 Å². The van der Waals surface area contributed by atoms with Gasteiger partial charge in [0.15, 0.2) is 0 Å². The van der Waals surface area contributed by atoms with E-state index in [1.54, 1.807) is 0 Å². The van der Waals surface area contributed by atoms with Crippen molar-refractivity contribution in [2.45, 2.75) is 181 Å². The van der Waals surface area contributed by atoms with Gasteiger partial charge in [-0.3, -0.25) is 9.59 Å². The van der Waals surface area contributed by atoms with Crippen LogP contribution in [0.3, 0.4) is 0 Å². The first-order valence-electron chi connectivity index (χ1n) is 19.9. The van der Waals surface area contributed by atoms with Gasteiger partial charge in [0, 0.05) is 0 Å². The predicted molar refractivity (Wildman–Crippen MR) is 202 cm³/mol. The lowest BCUT2D eigenvalue weighted by Crippen LogP contribution is -2.18. The molecule has 4 heteroatoms. The smallest absolute Gasteiger partial charge is 0.306 e. The second kappa shape index (κ2) is 21.5. The fraction of sp³-hybridized carbons (Fsp3) is 0.682. The van der Waals surface area contributed by atoms with Crippen molar-refractivity contribution in [3.05, 3.63) is 58.1 Å². The van der Waals surface area contributed by atoms with Crippen LogP contribution >= 0.6 is 0 Å². The zero-order valence-corrected chi connectivity index (χ0v) is 31.3. The average molecular weight is 661 g/mol. The molecule has 0 saturated heterocycles. The maximum absolute atomic E-state index is 12.5. The van der Waals surface area contributed by atoms with Crippen molar-refractivity contribution >= 4 is 11.9 Å². The minimum absolute atomic E-state index is 0.0849. The summed E-state index contributed by atoms with van der Waals surface area (Å²) in [5, 5.41) is 20.5. The largest absolute Gasteiger partial charge is 0.481 e. The average Bonchev–Trinajstić information content (AvgIpc) is 3.44. The maximum Gasteiger partial charge on any atom is 0.306 e. The van der Waals surface area contributed by atoms with E-state index in [2.05, 4.69) is 65.0 Å². The van der Waals surface area contributed by atoms with Gasteiger partial charge in [0.25, 0.3) is 0 Å². The van der Waals surface area contributed by atoms with Gasteiger partial charge in [-0.05, 0) is 82.9 Å². The molecule has 0 radical (unpaired) electrons. The van der Waals surface area contributed by atoms with E-state index in [9.17, 15) is 19.8 Å². The number of aliphatic carboxylic acids is 2. The number of unbranched alkanes of at least 4 members (excludes halogenated alkanes) is 14. The van der Waals surface area contributed by atoms with Crippen molar-refractivity contribution in [1.29, 1.82) is 0 Å². The van der Waals surface area contributed by atoms with Gasteiger partial charge in [0.2, 0.25) is 0 Å². The zero-order chi connectivity index (χ0) is 34.9. The molecule has 0 fully saturated rings. The molecule has 48 heavy (non-hydrogen) atoms. The molecule has 0 heterocycles. The van der Waals surface area contributed by atoms with Gasteiger partial charge in [-0.25, -0.2) is 0 Å². The molecule has 0 bridgehead atoms. The highest BCUT2D eigenvalue weighted by atomic mass is 16.4. The Morgan fingerprint density at radius 2 is 1.19 bits per heavy atom. The van der Waals surface area contributed by atoms with Gasteiger partial charge in [-0.1, -0.05) is 168 Å². The summed E-state index contributed by atoms with van der Waals surface area (Å²) >= 11 is 0. The second-order valence-corrected chi connectivity index (χ2v) is 15.4. The number of carboxylic acid groups (broad SMARTS) is 2. The Morgan fingerprint density at radius 3 is 1.71 bits per heavy atom. The molecule has 0 aromatic heterocycles. The van der Waals surface area contributed by atoms with Crippen molar-refractivity contribution in [2.75, 3.05) is 0 Å². The van der Waals surface area contributed by atoms with Crippen LogP contribution in [0.15, 0.2) is 30.3 Å². The van der Waals surface area contributed by atoms with Crippen LogP contribution in [0.2, 0.25) is 0 Å². The van der Waals surface area contributed by atoms with E-state index < -0.39 is 17.9 Å². The van der Waals surface area contributed by atoms with Crippen LogP contribution in [0.1, 0.15) is 196 Å². The van der Waals surface area contributed by atoms with E-state index in [1.165, 1.54) is 110 Å². The Labute approximate surface area is 293 Å². The number of hydrogen-bond donors (Lipinski definition) is 2. The molecule has 2 N–H and O–H groups in total. The van der Waals surface area contributed by atoms with Gasteiger partial charge < -0.3 is 10.2 Å². The fourth-order valence-electron chi connectivity index (χ4n) is 8.04. The molecule has 268 valence electrons. The highest BCUT2D eigenvalue weighted by molar-refractivity contribution is 5.82. The quantitative estimate of drug-likeness (QED) is 0.0840. The highest BCUT2D eigenvalue weighted by Gasteiger charge is 2.30. The van der Waals surface area contributed by atoms with Crippen LogP contribution in [-0.4, -0.2) is 22.2 Å². The lowest BCUT2D eigenvalue weighted by atomic mass is 9.81. The molecule has 0 saturated carbocycles. The third-order valence-corrected chi connectivity index (χ3v) is 10.9. The van der Waals surface area contributed by atoms with Gasteiger partial charge in [-0.15, -0.1) is 0 Å². The summed E-state index contributed by atoms with van der Waals surface area (Å²) in [6, 6.07) is 11.2. The van der Waals surface area contributed by atoms with E-state index in [0.717, 1.165) is 44.1 Å². The van der Waals surface area contributed by atoms with Crippen molar-refractivity contribution in [2.24, 2.45) is 11.8 Å². The SMILES string of the molecule is CCCCCCCCCCC(Cc1cc2c(c(C(C)CC(CCCCCCCCCC)C(=O)O)c1)Cc1cccc(C(C)C)c1-2)C(=O)O. The summed E-state index contributed by atoms with van der Waals surface area (Å²) < 4.78 is 0. The molecule has 3 atom stereocenters. The Balaban J connectivity index is 1.78. The lowest BCUT2D eigenvalue weighted by molar-refractivity contribution is -0.143. The molecule has 2 aromatic rings. The number of rotatable bonds is 26. The Bertz CT molecular complexity index is 1260. The molecule has 2 aromatic carbocycles. The number of carboxylic acids is 2. The number of fused-ring (bicyclic) bond motifs is 3. The normalized spacial score (nSPS) is 14.1. The highest BCUT2D eigenvalue weighted by Crippen LogP contribution is 2.46. The van der Waals surface area contributed by atoms with Crippen LogP contribution in [0.25, 0.3) is 11.1 Å². The number of carbonyl (C=O) groups is 2. The fourth-order valence-corrected chi connectivity index (χ4v) is 8.04. The van der Waals surface area contributed by atoms with Crippen LogP contribution in [0.5, 0.6) is 0 Å². The minimum atomic E-state index is -0.701. The van der Waals surface area contributed by atoms with E-state index in [-0.39, 0.29) is 11.8 Å². The molecule has 3 unspecified atom stereocenters. The predicted octanol–water partition coefficient (Wildman–Crippen LogP) is 12.9. The first-order valence-corrected chi connectivity index (χ1v) is 19.9. The molecule has 3 rings (SSSR count). The monoisotopic (exact) mass is 661 g/mol. The molecular formula is C44H68O4. The molecule has 0 amide bonds. The third kappa shape index (κ3) is 12.4.